The van der Waals surface area contributed by atoms with Gasteiger partial charge in [-0.05, 0) is 38.9 Å². The summed E-state index contributed by atoms with van der Waals surface area (Å²) in [6.45, 7) is 4.33. The fraction of sp³-hybridized carbons (Fsp3) is 0.727. The molecule has 1 N–H and O–H groups in total. The molecule has 2 heterocycles. The molecular formula is C11H19N3O. The van der Waals surface area contributed by atoms with Gasteiger partial charge in [0.15, 0.2) is 0 Å². The van der Waals surface area contributed by atoms with Gasteiger partial charge in [-0.3, -0.25) is 0 Å². The minimum absolute atomic E-state index is 0.784. The van der Waals surface area contributed by atoms with Gasteiger partial charge in [-0.1, -0.05) is 5.16 Å². The Bertz CT molecular complexity index is 273. The van der Waals surface area contributed by atoms with Crippen molar-refractivity contribution in [3.8, 4) is 0 Å². The molecule has 0 aliphatic carbocycles. The van der Waals surface area contributed by atoms with Crippen LogP contribution in [0.5, 0.6) is 0 Å². The zero-order valence-corrected chi connectivity index (χ0v) is 9.28. The standard InChI is InChI=1S/C11H19N3O/c1-14-6-2-3-10(9-14)7-12-8-11-4-5-13-15-11/h4-5,10,12H,2-3,6-9H2,1H3. The molecule has 1 unspecified atom stereocenters. The Hall–Kier alpha value is -0.870. The van der Waals surface area contributed by atoms with Crippen molar-refractivity contribution in [2.75, 3.05) is 26.7 Å². The van der Waals surface area contributed by atoms with Crippen molar-refractivity contribution >= 4 is 0 Å². The van der Waals surface area contributed by atoms with E-state index in [1.54, 1.807) is 6.20 Å². The van der Waals surface area contributed by atoms with E-state index in [2.05, 4.69) is 22.4 Å². The van der Waals surface area contributed by atoms with Crippen molar-refractivity contribution < 1.29 is 4.52 Å². The highest BCUT2D eigenvalue weighted by Crippen LogP contribution is 2.13. The quantitative estimate of drug-likeness (QED) is 0.806. The maximum Gasteiger partial charge on any atom is 0.150 e. The predicted molar refractivity (Wildman–Crippen MR) is 58.4 cm³/mol. The highest BCUT2D eigenvalue weighted by molar-refractivity contribution is 4.92. The number of hydrogen-bond donors (Lipinski definition) is 1. The number of hydrogen-bond acceptors (Lipinski definition) is 4. The maximum absolute atomic E-state index is 5.02. The average Bonchev–Trinajstić information content (AvgIpc) is 2.71. The zero-order valence-electron chi connectivity index (χ0n) is 9.28. The lowest BCUT2D eigenvalue weighted by molar-refractivity contribution is 0.205. The van der Waals surface area contributed by atoms with Crippen LogP contribution >= 0.6 is 0 Å². The van der Waals surface area contributed by atoms with Crippen LogP contribution in [0.4, 0.5) is 0 Å². The highest BCUT2D eigenvalue weighted by atomic mass is 16.5. The molecule has 15 heavy (non-hydrogen) atoms. The molecule has 0 amide bonds. The molecule has 0 spiro atoms. The second-order valence-corrected chi connectivity index (χ2v) is 4.38. The van der Waals surface area contributed by atoms with E-state index in [0.29, 0.717) is 0 Å². The summed E-state index contributed by atoms with van der Waals surface area (Å²) < 4.78 is 5.02. The molecule has 4 nitrogen and oxygen atoms in total. The zero-order chi connectivity index (χ0) is 10.5. The molecular weight excluding hydrogens is 190 g/mol. The fourth-order valence-corrected chi connectivity index (χ4v) is 2.17. The van der Waals surface area contributed by atoms with Gasteiger partial charge in [-0.25, -0.2) is 0 Å². The molecule has 1 saturated heterocycles. The summed E-state index contributed by atoms with van der Waals surface area (Å²) in [6, 6.07) is 1.90. The van der Waals surface area contributed by atoms with Crippen LogP contribution in [0.1, 0.15) is 18.6 Å². The molecule has 1 fully saturated rings. The molecule has 1 aliphatic heterocycles. The molecule has 0 saturated carbocycles. The lowest BCUT2D eigenvalue weighted by Gasteiger charge is -2.29. The summed E-state index contributed by atoms with van der Waals surface area (Å²) in [5, 5.41) is 7.09. The van der Waals surface area contributed by atoms with Gasteiger partial charge >= 0.3 is 0 Å². The van der Waals surface area contributed by atoms with E-state index in [4.69, 9.17) is 4.52 Å². The Morgan fingerprint density at radius 3 is 3.33 bits per heavy atom. The summed E-state index contributed by atoms with van der Waals surface area (Å²) in [5.74, 6) is 1.70. The van der Waals surface area contributed by atoms with Crippen LogP contribution in [0.15, 0.2) is 16.8 Å². The minimum atomic E-state index is 0.784. The number of piperidine rings is 1. The molecule has 0 bridgehead atoms. The van der Waals surface area contributed by atoms with Crippen LogP contribution in [0.3, 0.4) is 0 Å². The van der Waals surface area contributed by atoms with Gasteiger partial charge in [0.2, 0.25) is 0 Å². The minimum Gasteiger partial charge on any atom is -0.360 e. The summed E-state index contributed by atoms with van der Waals surface area (Å²) in [4.78, 5) is 2.41. The first kappa shape index (κ1) is 10.6. The molecule has 1 atom stereocenters. The first-order chi connectivity index (χ1) is 7.34. The van der Waals surface area contributed by atoms with Gasteiger partial charge in [0.1, 0.15) is 5.76 Å². The Morgan fingerprint density at radius 2 is 2.60 bits per heavy atom. The number of nitrogens with one attached hydrogen (secondary N) is 1. The molecule has 1 aromatic heterocycles. The summed E-state index contributed by atoms with van der Waals surface area (Å²) in [5.41, 5.74) is 0. The van der Waals surface area contributed by atoms with Gasteiger partial charge in [0.25, 0.3) is 0 Å². The van der Waals surface area contributed by atoms with Crippen LogP contribution in [0.2, 0.25) is 0 Å². The largest absolute Gasteiger partial charge is 0.360 e. The Morgan fingerprint density at radius 1 is 1.67 bits per heavy atom. The van der Waals surface area contributed by atoms with E-state index >= 15 is 0 Å². The van der Waals surface area contributed by atoms with E-state index < -0.39 is 0 Å². The van der Waals surface area contributed by atoms with Crippen LogP contribution in [0.25, 0.3) is 0 Å². The second-order valence-electron chi connectivity index (χ2n) is 4.38. The molecule has 2 rings (SSSR count). The van der Waals surface area contributed by atoms with Gasteiger partial charge in [-0.15, -0.1) is 0 Å². The third-order valence-electron chi connectivity index (χ3n) is 2.95. The summed E-state index contributed by atoms with van der Waals surface area (Å²) in [7, 11) is 2.20. The van der Waals surface area contributed by atoms with E-state index in [9.17, 15) is 0 Å². The Kier molecular flexibility index (Phi) is 3.75. The highest BCUT2D eigenvalue weighted by Gasteiger charge is 2.16. The number of aromatic nitrogens is 1. The monoisotopic (exact) mass is 209 g/mol. The Labute approximate surface area is 90.6 Å². The molecule has 4 heteroatoms. The van der Waals surface area contributed by atoms with Gasteiger partial charge in [0, 0.05) is 12.6 Å². The topological polar surface area (TPSA) is 41.3 Å². The van der Waals surface area contributed by atoms with E-state index in [0.717, 1.165) is 24.8 Å². The van der Waals surface area contributed by atoms with E-state index in [1.165, 1.54) is 25.9 Å². The Balaban J connectivity index is 1.65. The third-order valence-corrected chi connectivity index (χ3v) is 2.95. The first-order valence-corrected chi connectivity index (χ1v) is 5.63. The first-order valence-electron chi connectivity index (χ1n) is 5.63. The molecule has 1 aliphatic rings. The average molecular weight is 209 g/mol. The van der Waals surface area contributed by atoms with Gasteiger partial charge in [-0.2, -0.15) is 0 Å². The number of nitrogens with zero attached hydrogens (tertiary/aromatic N) is 2. The molecule has 84 valence electrons. The van der Waals surface area contributed by atoms with Crippen LogP contribution in [-0.4, -0.2) is 36.7 Å². The number of rotatable bonds is 4. The fourth-order valence-electron chi connectivity index (χ4n) is 2.17. The maximum atomic E-state index is 5.02. The van der Waals surface area contributed by atoms with Crippen LogP contribution in [-0.2, 0) is 6.54 Å². The van der Waals surface area contributed by atoms with Crippen molar-refractivity contribution in [1.82, 2.24) is 15.4 Å². The van der Waals surface area contributed by atoms with Gasteiger partial charge < -0.3 is 14.7 Å². The lowest BCUT2D eigenvalue weighted by Crippen LogP contribution is -2.37. The summed E-state index contributed by atoms with van der Waals surface area (Å²) in [6.07, 6.45) is 4.35. The SMILES string of the molecule is CN1CCCC(CNCc2ccno2)C1. The van der Waals surface area contributed by atoms with Crippen molar-refractivity contribution in [2.24, 2.45) is 5.92 Å². The van der Waals surface area contributed by atoms with E-state index in [-0.39, 0.29) is 0 Å². The normalized spacial score (nSPS) is 23.1. The smallest absolute Gasteiger partial charge is 0.150 e. The second kappa shape index (κ2) is 5.28. The van der Waals surface area contributed by atoms with Crippen molar-refractivity contribution in [3.63, 3.8) is 0 Å². The predicted octanol–water partition coefficient (Wildman–Crippen LogP) is 1.11. The van der Waals surface area contributed by atoms with Crippen molar-refractivity contribution in [1.29, 1.82) is 0 Å². The molecule has 0 aromatic carbocycles. The number of likely N-dealkylation sites (tertiary alicyclic amines) is 1. The molecule has 0 radical (unpaired) electrons. The third kappa shape index (κ3) is 3.32. The van der Waals surface area contributed by atoms with E-state index in [1.807, 2.05) is 6.07 Å². The van der Waals surface area contributed by atoms with Gasteiger partial charge in [0.05, 0.1) is 12.7 Å². The van der Waals surface area contributed by atoms with Crippen molar-refractivity contribution in [3.05, 3.63) is 18.0 Å². The molecule has 1 aromatic rings. The van der Waals surface area contributed by atoms with Crippen molar-refractivity contribution in [2.45, 2.75) is 19.4 Å². The lowest BCUT2D eigenvalue weighted by atomic mass is 9.98. The van der Waals surface area contributed by atoms with Crippen LogP contribution in [0, 0.1) is 5.92 Å². The van der Waals surface area contributed by atoms with Crippen LogP contribution < -0.4 is 5.32 Å². The summed E-state index contributed by atoms with van der Waals surface area (Å²) >= 11 is 0.